The molecule has 1 radical (unpaired) electrons. The first kappa shape index (κ1) is 41.3. The number of fused-ring (bicyclic) bond motifs is 3. The van der Waals surface area contributed by atoms with Crippen LogP contribution in [0.15, 0.2) is 127 Å². The molecule has 2 aromatic heterocycles. The van der Waals surface area contributed by atoms with Crippen molar-refractivity contribution in [2.45, 2.75) is 67.2 Å². The zero-order valence-electron chi connectivity index (χ0n) is 33.3. The Hall–Kier alpha value is -5.29. The van der Waals surface area contributed by atoms with Gasteiger partial charge in [0.1, 0.15) is 11.6 Å². The van der Waals surface area contributed by atoms with Gasteiger partial charge in [0.2, 0.25) is 0 Å². The predicted octanol–water partition coefficient (Wildman–Crippen LogP) is 12.5. The average molecular weight is 931 g/mol. The zero-order valence-corrected chi connectivity index (χ0v) is 35.7. The van der Waals surface area contributed by atoms with Crippen LogP contribution >= 0.6 is 0 Å². The van der Waals surface area contributed by atoms with Crippen molar-refractivity contribution in [1.29, 1.82) is 0 Å². The van der Waals surface area contributed by atoms with E-state index >= 15 is 0 Å². The van der Waals surface area contributed by atoms with Gasteiger partial charge >= 0.3 is 0 Å². The van der Waals surface area contributed by atoms with E-state index < -0.39 is 5.41 Å². The van der Waals surface area contributed by atoms with Crippen molar-refractivity contribution in [3.8, 4) is 33.6 Å². The first-order valence-electron chi connectivity index (χ1n) is 19.3. The number of aromatic nitrogens is 2. The number of pyridine rings is 2. The largest absolute Gasteiger partial charge is 0.512 e. The molecule has 6 heteroatoms. The molecule has 7 aromatic rings. The number of nitrogens with zero attached hydrogens (tertiary/aromatic N) is 2. The van der Waals surface area contributed by atoms with Crippen LogP contribution in [0, 0.1) is 28.8 Å². The van der Waals surface area contributed by atoms with E-state index in [4.69, 9.17) is 4.98 Å². The SMILES string of the molecule is CC(C)(C)C(=O)/C=C(\O)C(C)(C)C.Fc1ccc2ccc3c(-c4[c-]c5c6c(c4)CCc4cccc(c4-6)CC5)nccc3c2c1.[Ir].[c-]1ccccc1-c1ccccn1. The standard InChI is InChI=1S/C29H19FN.C11H8N.C11H20O2.Ir/c30-23-10-8-17-9-11-25-24(26(17)16-23)12-13-31-29(25)22-14-20-6-4-18-2-1-3-19-5-7-21(15-22)28(20)27(18)19;1-2-6-10(7-3-1)11-8-4-5-9-12-11;1-10(2,3)8(12)7-9(13)11(4,5)6;/h1-3,8-14,16H,4-7H2;1-6,8-9H;7,12H,1-6H3;/q2*-1;;/b;;8-7-;. The number of aliphatic hydroxyl groups is 1. The van der Waals surface area contributed by atoms with Crippen molar-refractivity contribution in [3.63, 3.8) is 0 Å². The van der Waals surface area contributed by atoms with Crippen molar-refractivity contribution >= 4 is 27.3 Å². The van der Waals surface area contributed by atoms with Crippen LogP contribution < -0.4 is 0 Å². The molecule has 2 aliphatic rings. The van der Waals surface area contributed by atoms with Crippen molar-refractivity contribution in [1.82, 2.24) is 9.97 Å². The second-order valence-corrected chi connectivity index (χ2v) is 16.6. The molecular weight excluding hydrogens is 884 g/mol. The Balaban J connectivity index is 0.000000176. The van der Waals surface area contributed by atoms with Crippen LogP contribution in [0.4, 0.5) is 4.39 Å². The minimum absolute atomic E-state index is 0. The zero-order chi connectivity index (χ0) is 39.6. The summed E-state index contributed by atoms with van der Waals surface area (Å²) in [5.74, 6) is -0.107. The summed E-state index contributed by atoms with van der Waals surface area (Å²) in [6.07, 6.45) is 9.20. The fourth-order valence-corrected chi connectivity index (χ4v) is 7.25. The normalized spacial score (nSPS) is 13.0. The number of aryl methyl sites for hydroxylation is 4. The number of carbonyl (C=O) groups is 1. The summed E-state index contributed by atoms with van der Waals surface area (Å²) in [5.41, 5.74) is 11.8. The number of benzene rings is 5. The molecule has 0 bridgehead atoms. The molecule has 291 valence electrons. The smallest absolute Gasteiger partial charge is 0.164 e. The Morgan fingerprint density at radius 1 is 0.684 bits per heavy atom. The maximum atomic E-state index is 14.0. The summed E-state index contributed by atoms with van der Waals surface area (Å²) in [5, 5.41) is 13.6. The molecule has 0 amide bonds. The van der Waals surface area contributed by atoms with Crippen molar-refractivity contribution in [3.05, 3.63) is 168 Å². The van der Waals surface area contributed by atoms with E-state index in [9.17, 15) is 14.3 Å². The molecule has 0 aliphatic heterocycles. The summed E-state index contributed by atoms with van der Waals surface area (Å²) < 4.78 is 14.0. The molecular formula is C51H47FIrN2O2-2. The van der Waals surface area contributed by atoms with Gasteiger partial charge in [-0.25, -0.2) is 4.39 Å². The van der Waals surface area contributed by atoms with Crippen LogP contribution in [0.25, 0.3) is 55.2 Å². The number of hydrogen-bond acceptors (Lipinski definition) is 4. The Morgan fingerprint density at radius 3 is 2.09 bits per heavy atom. The van der Waals surface area contributed by atoms with E-state index in [-0.39, 0.29) is 42.9 Å². The van der Waals surface area contributed by atoms with Crippen LogP contribution in [0.2, 0.25) is 0 Å². The molecule has 57 heavy (non-hydrogen) atoms. The van der Waals surface area contributed by atoms with Gasteiger partial charge in [-0.3, -0.25) is 4.79 Å². The third kappa shape index (κ3) is 9.14. The number of allylic oxidation sites excluding steroid dienone is 2. The summed E-state index contributed by atoms with van der Waals surface area (Å²) in [6, 6.07) is 40.8. The number of hydrogen-bond donors (Lipinski definition) is 1. The number of carbonyl (C=O) groups excluding carboxylic acids is 1. The number of rotatable bonds is 3. The Labute approximate surface area is 349 Å². The molecule has 0 saturated heterocycles. The van der Waals surface area contributed by atoms with Crippen LogP contribution in [-0.4, -0.2) is 20.9 Å². The molecule has 0 atom stereocenters. The van der Waals surface area contributed by atoms with Crippen molar-refractivity contribution < 1.29 is 34.4 Å². The third-order valence-electron chi connectivity index (χ3n) is 10.4. The molecule has 9 rings (SSSR count). The minimum atomic E-state index is -0.417. The quantitative estimate of drug-likeness (QED) is 0.0830. The topological polar surface area (TPSA) is 63.1 Å². The number of aliphatic hydroxyl groups excluding tert-OH is 1. The minimum Gasteiger partial charge on any atom is -0.512 e. The third-order valence-corrected chi connectivity index (χ3v) is 10.4. The molecule has 1 N–H and O–H groups in total. The molecule has 4 nitrogen and oxygen atoms in total. The van der Waals surface area contributed by atoms with Gasteiger partial charge in [-0.05, 0) is 94.0 Å². The fraction of sp³-hybridized carbons (Fsp3) is 0.235. The van der Waals surface area contributed by atoms with E-state index in [0.29, 0.717) is 0 Å². The van der Waals surface area contributed by atoms with Crippen LogP contribution in [-0.2, 0) is 50.6 Å². The van der Waals surface area contributed by atoms with Gasteiger partial charge in [0.25, 0.3) is 0 Å². The summed E-state index contributed by atoms with van der Waals surface area (Å²) in [7, 11) is 0. The van der Waals surface area contributed by atoms with Gasteiger partial charge < -0.3 is 15.1 Å². The van der Waals surface area contributed by atoms with Gasteiger partial charge in [-0.1, -0.05) is 101 Å². The van der Waals surface area contributed by atoms with Gasteiger partial charge in [-0.15, -0.1) is 64.7 Å². The van der Waals surface area contributed by atoms with Crippen molar-refractivity contribution in [2.24, 2.45) is 10.8 Å². The van der Waals surface area contributed by atoms with E-state index in [2.05, 4.69) is 53.5 Å². The van der Waals surface area contributed by atoms with Crippen LogP contribution in [0.5, 0.6) is 0 Å². The van der Waals surface area contributed by atoms with E-state index in [1.807, 2.05) is 102 Å². The second kappa shape index (κ2) is 17.1. The Bertz CT molecular complexity index is 2500. The van der Waals surface area contributed by atoms with Gasteiger partial charge in [0.15, 0.2) is 5.78 Å². The summed E-state index contributed by atoms with van der Waals surface area (Å²) >= 11 is 0. The summed E-state index contributed by atoms with van der Waals surface area (Å²) in [4.78, 5) is 20.5. The first-order valence-corrected chi connectivity index (χ1v) is 19.3. The summed E-state index contributed by atoms with van der Waals surface area (Å²) in [6.45, 7) is 11.1. The van der Waals surface area contributed by atoms with Crippen LogP contribution in [0.1, 0.15) is 63.8 Å². The first-order chi connectivity index (χ1) is 26.8. The van der Waals surface area contributed by atoms with Gasteiger partial charge in [0.05, 0.1) is 0 Å². The Morgan fingerprint density at radius 2 is 1.40 bits per heavy atom. The molecule has 0 spiro atoms. The van der Waals surface area contributed by atoms with E-state index in [1.165, 1.54) is 45.5 Å². The van der Waals surface area contributed by atoms with Crippen molar-refractivity contribution in [2.75, 3.05) is 0 Å². The maximum absolute atomic E-state index is 14.0. The predicted molar refractivity (Wildman–Crippen MR) is 227 cm³/mol. The molecule has 2 heterocycles. The molecule has 0 unspecified atom stereocenters. The number of ketones is 1. The molecule has 0 saturated carbocycles. The fourth-order valence-electron chi connectivity index (χ4n) is 7.25. The average Bonchev–Trinajstić information content (AvgIpc) is 3.20. The monoisotopic (exact) mass is 931 g/mol. The molecule has 5 aromatic carbocycles. The van der Waals surface area contributed by atoms with Gasteiger partial charge in [-0.2, -0.15) is 0 Å². The van der Waals surface area contributed by atoms with Gasteiger partial charge in [0, 0.05) is 49.4 Å². The van der Waals surface area contributed by atoms with E-state index in [1.54, 1.807) is 12.3 Å². The van der Waals surface area contributed by atoms with E-state index in [0.717, 1.165) is 69.7 Å². The Kier molecular flexibility index (Phi) is 12.4. The molecule has 2 aliphatic carbocycles. The number of halogens is 1. The molecule has 0 fully saturated rings. The van der Waals surface area contributed by atoms with Crippen LogP contribution in [0.3, 0.4) is 0 Å². The second-order valence-electron chi connectivity index (χ2n) is 16.6. The maximum Gasteiger partial charge on any atom is 0.164 e.